The van der Waals surface area contributed by atoms with E-state index in [0.717, 1.165) is 19.3 Å². The van der Waals surface area contributed by atoms with Crippen LogP contribution in [-0.2, 0) is 9.47 Å². The standard InChI is InChI=1S/C9H22N2O2/c1-12-8(5-6-10)3-4-9(7-11)13-2/h8-9H,3-7,10-11H2,1-2H3. The minimum atomic E-state index is 0.149. The molecule has 0 aromatic rings. The third kappa shape index (κ3) is 5.99. The summed E-state index contributed by atoms with van der Waals surface area (Å²) < 4.78 is 10.4. The quantitative estimate of drug-likeness (QED) is 0.569. The number of hydrogen-bond acceptors (Lipinski definition) is 4. The van der Waals surface area contributed by atoms with Crippen LogP contribution in [-0.4, -0.2) is 39.5 Å². The first kappa shape index (κ1) is 12.8. The molecule has 0 saturated heterocycles. The van der Waals surface area contributed by atoms with Crippen LogP contribution in [0.3, 0.4) is 0 Å². The first-order valence-electron chi connectivity index (χ1n) is 4.74. The molecular formula is C9H22N2O2. The Morgan fingerprint density at radius 2 is 1.46 bits per heavy atom. The fraction of sp³-hybridized carbons (Fsp3) is 1.00. The Morgan fingerprint density at radius 3 is 1.85 bits per heavy atom. The van der Waals surface area contributed by atoms with Crippen LogP contribution in [0.4, 0.5) is 0 Å². The molecule has 0 aromatic heterocycles. The monoisotopic (exact) mass is 190 g/mol. The predicted octanol–water partition coefficient (Wildman–Crippen LogP) is 0.104. The molecule has 2 unspecified atom stereocenters. The van der Waals surface area contributed by atoms with Crippen LogP contribution >= 0.6 is 0 Å². The maximum Gasteiger partial charge on any atom is 0.0694 e. The van der Waals surface area contributed by atoms with Gasteiger partial charge in [0.2, 0.25) is 0 Å². The molecule has 0 aliphatic heterocycles. The topological polar surface area (TPSA) is 70.5 Å². The third-order valence-electron chi connectivity index (χ3n) is 2.23. The second-order valence-electron chi connectivity index (χ2n) is 3.11. The molecule has 4 nitrogen and oxygen atoms in total. The van der Waals surface area contributed by atoms with E-state index in [9.17, 15) is 0 Å². The highest BCUT2D eigenvalue weighted by atomic mass is 16.5. The van der Waals surface area contributed by atoms with Crippen molar-refractivity contribution in [1.82, 2.24) is 0 Å². The maximum atomic E-state index is 5.49. The van der Waals surface area contributed by atoms with Gasteiger partial charge >= 0.3 is 0 Å². The van der Waals surface area contributed by atoms with E-state index < -0.39 is 0 Å². The summed E-state index contributed by atoms with van der Waals surface area (Å²) in [6.45, 7) is 1.23. The summed E-state index contributed by atoms with van der Waals surface area (Å²) in [5.74, 6) is 0. The van der Waals surface area contributed by atoms with Crippen molar-refractivity contribution in [2.75, 3.05) is 27.3 Å². The van der Waals surface area contributed by atoms with Gasteiger partial charge in [-0.3, -0.25) is 0 Å². The third-order valence-corrected chi connectivity index (χ3v) is 2.23. The van der Waals surface area contributed by atoms with Gasteiger partial charge in [-0.05, 0) is 25.8 Å². The van der Waals surface area contributed by atoms with Crippen molar-refractivity contribution in [3.63, 3.8) is 0 Å². The number of nitrogens with two attached hydrogens (primary N) is 2. The van der Waals surface area contributed by atoms with E-state index in [4.69, 9.17) is 20.9 Å². The lowest BCUT2D eigenvalue weighted by atomic mass is 10.1. The molecule has 0 aliphatic carbocycles. The van der Waals surface area contributed by atoms with Gasteiger partial charge in [-0.1, -0.05) is 0 Å². The molecule has 0 fully saturated rings. The molecule has 0 radical (unpaired) electrons. The summed E-state index contributed by atoms with van der Waals surface area (Å²) in [7, 11) is 3.40. The van der Waals surface area contributed by atoms with Gasteiger partial charge in [0.05, 0.1) is 12.2 Å². The van der Waals surface area contributed by atoms with Gasteiger partial charge in [0.1, 0.15) is 0 Å². The van der Waals surface area contributed by atoms with Crippen LogP contribution in [0.1, 0.15) is 19.3 Å². The maximum absolute atomic E-state index is 5.49. The predicted molar refractivity (Wildman–Crippen MR) is 53.6 cm³/mol. The van der Waals surface area contributed by atoms with Crippen molar-refractivity contribution >= 4 is 0 Å². The first-order valence-corrected chi connectivity index (χ1v) is 4.74. The van der Waals surface area contributed by atoms with Gasteiger partial charge in [-0.25, -0.2) is 0 Å². The molecule has 4 heteroatoms. The Kier molecular flexibility index (Phi) is 8.33. The molecule has 0 spiro atoms. The average Bonchev–Trinajstić information content (AvgIpc) is 2.17. The van der Waals surface area contributed by atoms with E-state index in [2.05, 4.69) is 0 Å². The fourth-order valence-electron chi connectivity index (χ4n) is 1.27. The van der Waals surface area contributed by atoms with Crippen LogP contribution in [0, 0.1) is 0 Å². The summed E-state index contributed by atoms with van der Waals surface area (Å²) in [6, 6.07) is 0. The fourth-order valence-corrected chi connectivity index (χ4v) is 1.27. The Labute approximate surface area is 80.6 Å². The molecule has 0 rings (SSSR count). The molecule has 0 heterocycles. The van der Waals surface area contributed by atoms with Crippen molar-refractivity contribution in [2.24, 2.45) is 11.5 Å². The summed E-state index contributed by atoms with van der Waals surface area (Å²) >= 11 is 0. The smallest absolute Gasteiger partial charge is 0.0694 e. The second-order valence-corrected chi connectivity index (χ2v) is 3.11. The lowest BCUT2D eigenvalue weighted by Gasteiger charge is -2.17. The number of rotatable bonds is 8. The van der Waals surface area contributed by atoms with Crippen LogP contribution in [0.2, 0.25) is 0 Å². The Hall–Kier alpha value is -0.160. The summed E-state index contributed by atoms with van der Waals surface area (Å²) in [5.41, 5.74) is 10.9. The van der Waals surface area contributed by atoms with Gasteiger partial charge in [0, 0.05) is 20.8 Å². The van der Waals surface area contributed by atoms with Gasteiger partial charge in [0.25, 0.3) is 0 Å². The highest BCUT2D eigenvalue weighted by molar-refractivity contribution is 4.64. The van der Waals surface area contributed by atoms with E-state index in [1.807, 2.05) is 0 Å². The minimum Gasteiger partial charge on any atom is -0.381 e. The highest BCUT2D eigenvalue weighted by Crippen LogP contribution is 2.08. The van der Waals surface area contributed by atoms with Crippen molar-refractivity contribution in [2.45, 2.75) is 31.5 Å². The molecule has 0 saturated carbocycles. The van der Waals surface area contributed by atoms with Crippen LogP contribution in [0.5, 0.6) is 0 Å². The van der Waals surface area contributed by atoms with Crippen molar-refractivity contribution in [1.29, 1.82) is 0 Å². The second kappa shape index (κ2) is 8.44. The summed E-state index contributed by atoms with van der Waals surface area (Å²) in [4.78, 5) is 0. The minimum absolute atomic E-state index is 0.149. The zero-order chi connectivity index (χ0) is 10.1. The Morgan fingerprint density at radius 1 is 0.923 bits per heavy atom. The van der Waals surface area contributed by atoms with Crippen LogP contribution < -0.4 is 11.5 Å². The number of ether oxygens (including phenoxy) is 2. The molecule has 4 N–H and O–H groups in total. The summed E-state index contributed by atoms with van der Waals surface area (Å²) in [6.07, 6.45) is 3.19. The molecule has 0 amide bonds. The highest BCUT2D eigenvalue weighted by Gasteiger charge is 2.10. The molecular weight excluding hydrogens is 168 g/mol. The lowest BCUT2D eigenvalue weighted by Crippen LogP contribution is -2.25. The molecule has 80 valence electrons. The molecule has 0 aliphatic rings. The van der Waals surface area contributed by atoms with Crippen molar-refractivity contribution in [3.8, 4) is 0 Å². The number of hydrogen-bond donors (Lipinski definition) is 2. The summed E-state index contributed by atoms with van der Waals surface area (Å²) in [5, 5.41) is 0. The van der Waals surface area contributed by atoms with Gasteiger partial charge < -0.3 is 20.9 Å². The Balaban J connectivity index is 3.56. The van der Waals surface area contributed by atoms with Gasteiger partial charge in [-0.15, -0.1) is 0 Å². The zero-order valence-electron chi connectivity index (χ0n) is 8.66. The molecule has 0 aromatic carbocycles. The van der Waals surface area contributed by atoms with Crippen molar-refractivity contribution in [3.05, 3.63) is 0 Å². The van der Waals surface area contributed by atoms with E-state index in [1.54, 1.807) is 14.2 Å². The van der Waals surface area contributed by atoms with E-state index >= 15 is 0 Å². The lowest BCUT2D eigenvalue weighted by molar-refractivity contribution is 0.0545. The SMILES string of the molecule is COC(CN)CCC(CCN)OC. The van der Waals surface area contributed by atoms with Gasteiger partial charge in [0.15, 0.2) is 0 Å². The molecule has 0 bridgehead atoms. The van der Waals surface area contributed by atoms with E-state index in [0.29, 0.717) is 13.1 Å². The number of methoxy groups -OCH3 is 2. The van der Waals surface area contributed by atoms with E-state index in [-0.39, 0.29) is 12.2 Å². The largest absolute Gasteiger partial charge is 0.381 e. The van der Waals surface area contributed by atoms with E-state index in [1.165, 1.54) is 0 Å². The average molecular weight is 190 g/mol. The molecule has 2 atom stereocenters. The normalized spacial score (nSPS) is 15.7. The van der Waals surface area contributed by atoms with Crippen molar-refractivity contribution < 1.29 is 9.47 Å². The first-order chi connectivity index (χ1) is 6.28. The van der Waals surface area contributed by atoms with Crippen LogP contribution in [0.15, 0.2) is 0 Å². The Bertz CT molecular complexity index is 108. The van der Waals surface area contributed by atoms with Gasteiger partial charge in [-0.2, -0.15) is 0 Å². The zero-order valence-corrected chi connectivity index (χ0v) is 8.66. The van der Waals surface area contributed by atoms with Crippen LogP contribution in [0.25, 0.3) is 0 Å². The molecule has 13 heavy (non-hydrogen) atoms.